The van der Waals surface area contributed by atoms with Gasteiger partial charge in [0.15, 0.2) is 12.4 Å². The zero-order chi connectivity index (χ0) is 22.6. The molecule has 2 aromatic carbocycles. The van der Waals surface area contributed by atoms with E-state index in [0.29, 0.717) is 0 Å². The van der Waals surface area contributed by atoms with Crippen LogP contribution in [0.4, 0.5) is 10.1 Å². The van der Waals surface area contributed by atoms with Crippen LogP contribution in [-0.2, 0) is 14.3 Å². The molecule has 2 amide bonds. The minimum atomic E-state index is -0.985. The van der Waals surface area contributed by atoms with E-state index >= 15 is 0 Å². The van der Waals surface area contributed by atoms with E-state index in [9.17, 15) is 28.7 Å². The molecule has 1 saturated heterocycles. The normalized spacial score (nSPS) is 25.3. The number of aromatic hydroxyl groups is 1. The Morgan fingerprint density at radius 2 is 1.62 bits per heavy atom. The van der Waals surface area contributed by atoms with Crippen LogP contribution in [0, 0.1) is 29.5 Å². The summed E-state index contributed by atoms with van der Waals surface area (Å²) >= 11 is 0. The van der Waals surface area contributed by atoms with E-state index < -0.39 is 41.8 Å². The lowest BCUT2D eigenvalue weighted by atomic mass is 9.85. The molecule has 32 heavy (non-hydrogen) atoms. The average Bonchev–Trinajstić information content (AvgIpc) is 3.47. The minimum absolute atomic E-state index is 0.0467. The molecule has 2 aliphatic carbocycles. The summed E-state index contributed by atoms with van der Waals surface area (Å²) in [5.41, 5.74) is 0.0665. The van der Waals surface area contributed by atoms with Gasteiger partial charge in [0.25, 0.3) is 0 Å². The van der Waals surface area contributed by atoms with Crippen LogP contribution < -0.4 is 4.90 Å². The Bertz CT molecular complexity index is 1160. The first-order valence-electron chi connectivity index (χ1n) is 10.2. The number of ether oxygens (including phenoxy) is 1. The average molecular weight is 435 g/mol. The number of allylic oxidation sites excluding steroid dienone is 2. The van der Waals surface area contributed by atoms with Crippen molar-refractivity contribution in [2.24, 2.45) is 23.7 Å². The summed E-state index contributed by atoms with van der Waals surface area (Å²) in [4.78, 5) is 51.7. The molecule has 1 N–H and O–H groups in total. The maximum absolute atomic E-state index is 13.0. The lowest BCUT2D eigenvalue weighted by Crippen LogP contribution is -2.33. The van der Waals surface area contributed by atoms with E-state index in [0.717, 1.165) is 23.5 Å². The highest BCUT2D eigenvalue weighted by Gasteiger charge is 2.59. The number of halogens is 1. The second kappa shape index (κ2) is 7.40. The number of amides is 2. The van der Waals surface area contributed by atoms with Crippen LogP contribution in [0.2, 0.25) is 0 Å². The van der Waals surface area contributed by atoms with Crippen LogP contribution in [0.25, 0.3) is 0 Å². The summed E-state index contributed by atoms with van der Waals surface area (Å²) in [6, 6.07) is 8.58. The molecule has 0 radical (unpaired) electrons. The number of fused-ring (bicyclic) bond motifs is 5. The third-order valence-electron chi connectivity index (χ3n) is 6.43. The molecule has 1 aliphatic heterocycles. The van der Waals surface area contributed by atoms with E-state index in [1.807, 2.05) is 12.2 Å². The molecule has 2 bridgehead atoms. The van der Waals surface area contributed by atoms with E-state index in [1.54, 1.807) is 0 Å². The summed E-state index contributed by atoms with van der Waals surface area (Å²) in [5.74, 6) is -3.76. The number of imide groups is 1. The van der Waals surface area contributed by atoms with E-state index in [2.05, 4.69) is 0 Å². The number of Topliss-reactive ketones (excluding diaryl/α,β-unsaturated/α-hetero) is 1. The fourth-order valence-electron chi connectivity index (χ4n) is 4.91. The van der Waals surface area contributed by atoms with Crippen LogP contribution in [0.15, 0.2) is 54.6 Å². The van der Waals surface area contributed by atoms with Gasteiger partial charge in [-0.2, -0.15) is 0 Å². The molecule has 0 aromatic heterocycles. The number of esters is 1. The molecule has 5 rings (SSSR count). The fraction of sp³-hybridized carbons (Fsp3) is 0.250. The van der Waals surface area contributed by atoms with Crippen molar-refractivity contribution in [3.8, 4) is 5.75 Å². The van der Waals surface area contributed by atoms with Gasteiger partial charge in [-0.1, -0.05) is 12.2 Å². The highest BCUT2D eigenvalue weighted by atomic mass is 19.1. The summed E-state index contributed by atoms with van der Waals surface area (Å²) in [6.07, 6.45) is 4.77. The second-order valence-electron chi connectivity index (χ2n) is 8.22. The molecule has 2 aromatic rings. The van der Waals surface area contributed by atoms with Crippen LogP contribution in [0.5, 0.6) is 5.75 Å². The Labute approximate surface area is 182 Å². The second-order valence-corrected chi connectivity index (χ2v) is 8.22. The predicted octanol–water partition coefficient (Wildman–Crippen LogP) is 2.88. The lowest BCUT2D eigenvalue weighted by Gasteiger charge is -2.18. The SMILES string of the molecule is O=C(COC(=O)c1cc(N2C(=O)[C@H]3[C@H](C2=O)[C@H]2C=C[C@H]3C2)ccc1O)c1ccc(F)cc1. The Hall–Kier alpha value is -3.81. The number of phenolic OH excluding ortho intramolecular Hbond substituents is 1. The maximum Gasteiger partial charge on any atom is 0.342 e. The molecule has 7 nitrogen and oxygen atoms in total. The number of carbonyl (C=O) groups excluding carboxylic acids is 4. The number of hydrogen-bond donors (Lipinski definition) is 1. The lowest BCUT2D eigenvalue weighted by molar-refractivity contribution is -0.123. The molecule has 2 fully saturated rings. The van der Waals surface area contributed by atoms with Gasteiger partial charge in [0.1, 0.15) is 17.1 Å². The molecule has 8 heteroatoms. The number of ketones is 1. The molecule has 162 valence electrons. The molecular formula is C24H18FNO6. The van der Waals surface area contributed by atoms with Gasteiger partial charge in [-0.25, -0.2) is 14.1 Å². The largest absolute Gasteiger partial charge is 0.507 e. The first-order chi connectivity index (χ1) is 15.3. The number of benzene rings is 2. The van der Waals surface area contributed by atoms with Crippen molar-refractivity contribution in [2.75, 3.05) is 11.5 Å². The number of rotatable bonds is 5. The van der Waals surface area contributed by atoms with Crippen molar-refractivity contribution in [1.82, 2.24) is 0 Å². The van der Waals surface area contributed by atoms with Crippen molar-refractivity contribution in [3.63, 3.8) is 0 Å². The summed E-state index contributed by atoms with van der Waals surface area (Å²) < 4.78 is 18.0. The standard InChI is InChI=1S/C24H18FNO6/c25-15-5-3-12(4-6-15)19(28)11-32-24(31)17-10-16(7-8-18(17)27)26-22(29)20-13-1-2-14(9-13)21(20)23(26)30/h1-8,10,13-14,20-21,27H,9,11H2/t13-,14-,20+,21+/m0/s1. The van der Waals surface area contributed by atoms with Gasteiger partial charge in [-0.3, -0.25) is 14.4 Å². The van der Waals surface area contributed by atoms with Gasteiger partial charge in [0, 0.05) is 5.56 Å². The monoisotopic (exact) mass is 435 g/mol. The van der Waals surface area contributed by atoms with Crippen molar-refractivity contribution in [3.05, 3.63) is 71.6 Å². The number of anilines is 1. The van der Waals surface area contributed by atoms with Crippen LogP contribution in [0.1, 0.15) is 27.1 Å². The predicted molar refractivity (Wildman–Crippen MR) is 109 cm³/mol. The Morgan fingerprint density at radius 3 is 2.25 bits per heavy atom. The highest BCUT2D eigenvalue weighted by Crippen LogP contribution is 2.53. The van der Waals surface area contributed by atoms with Crippen LogP contribution >= 0.6 is 0 Å². The number of hydrogen-bond acceptors (Lipinski definition) is 6. The zero-order valence-corrected chi connectivity index (χ0v) is 16.7. The third-order valence-corrected chi connectivity index (χ3v) is 6.43. The van der Waals surface area contributed by atoms with Crippen LogP contribution in [-0.4, -0.2) is 35.3 Å². The van der Waals surface area contributed by atoms with E-state index in [-0.39, 0.29) is 40.5 Å². The smallest absolute Gasteiger partial charge is 0.342 e. The molecule has 1 saturated carbocycles. The number of phenols is 1. The van der Waals surface area contributed by atoms with Crippen molar-refractivity contribution >= 4 is 29.3 Å². The van der Waals surface area contributed by atoms with Gasteiger partial charge >= 0.3 is 5.97 Å². The van der Waals surface area contributed by atoms with Gasteiger partial charge < -0.3 is 9.84 Å². The van der Waals surface area contributed by atoms with Gasteiger partial charge in [-0.15, -0.1) is 0 Å². The number of carbonyl (C=O) groups is 4. The summed E-state index contributed by atoms with van der Waals surface area (Å²) in [7, 11) is 0. The molecular weight excluding hydrogens is 417 g/mol. The highest BCUT2D eigenvalue weighted by molar-refractivity contribution is 6.23. The van der Waals surface area contributed by atoms with Gasteiger partial charge in [0.05, 0.1) is 17.5 Å². The quantitative estimate of drug-likeness (QED) is 0.336. The molecule has 4 atom stereocenters. The number of nitrogens with zero attached hydrogens (tertiary/aromatic N) is 1. The molecule has 0 unspecified atom stereocenters. The first-order valence-corrected chi connectivity index (χ1v) is 10.2. The molecule has 3 aliphatic rings. The van der Waals surface area contributed by atoms with Crippen molar-refractivity contribution < 1.29 is 33.4 Å². The molecule has 1 heterocycles. The summed E-state index contributed by atoms with van der Waals surface area (Å²) in [6.45, 7) is -0.616. The maximum atomic E-state index is 13.0. The van der Waals surface area contributed by atoms with E-state index in [4.69, 9.17) is 4.74 Å². The summed E-state index contributed by atoms with van der Waals surface area (Å²) in [5, 5.41) is 10.1. The Balaban J connectivity index is 1.33. The van der Waals surface area contributed by atoms with Crippen molar-refractivity contribution in [2.45, 2.75) is 6.42 Å². The van der Waals surface area contributed by atoms with E-state index in [1.165, 1.54) is 30.3 Å². The Kier molecular flexibility index (Phi) is 4.65. The fourth-order valence-corrected chi connectivity index (χ4v) is 4.91. The zero-order valence-electron chi connectivity index (χ0n) is 16.7. The van der Waals surface area contributed by atoms with Gasteiger partial charge in [0.2, 0.25) is 11.8 Å². The minimum Gasteiger partial charge on any atom is -0.507 e. The first kappa shape index (κ1) is 20.1. The topological polar surface area (TPSA) is 101 Å². The molecule has 0 spiro atoms. The Morgan fingerprint density at radius 1 is 1.00 bits per heavy atom. The van der Waals surface area contributed by atoms with Crippen LogP contribution in [0.3, 0.4) is 0 Å². The third kappa shape index (κ3) is 3.10. The van der Waals surface area contributed by atoms with Crippen molar-refractivity contribution in [1.29, 1.82) is 0 Å². The van der Waals surface area contributed by atoms with Gasteiger partial charge in [-0.05, 0) is 60.7 Å².